The molecule has 0 aliphatic rings. The molecule has 0 unspecified atom stereocenters. The van der Waals surface area contributed by atoms with E-state index in [4.69, 9.17) is 20.8 Å². The first-order valence-corrected chi connectivity index (χ1v) is 10.2. The number of hydrogen-bond donors (Lipinski definition) is 2. The Morgan fingerprint density at radius 2 is 1.77 bits per heavy atom. The zero-order valence-corrected chi connectivity index (χ0v) is 17.8. The van der Waals surface area contributed by atoms with Crippen molar-refractivity contribution in [2.75, 3.05) is 20.3 Å². The molecule has 7 heteroatoms. The van der Waals surface area contributed by atoms with E-state index >= 15 is 0 Å². The topological polar surface area (TPSA) is 80.6 Å². The molecule has 160 valence electrons. The van der Waals surface area contributed by atoms with Gasteiger partial charge in [0.1, 0.15) is 17.2 Å². The van der Waals surface area contributed by atoms with Crippen LogP contribution in [-0.2, 0) is 9.53 Å². The molecule has 0 saturated heterocycles. The van der Waals surface area contributed by atoms with Gasteiger partial charge in [-0.3, -0.25) is 9.59 Å². The molecular weight excluding hydrogens is 416 g/mol. The molecule has 2 amide bonds. The van der Waals surface area contributed by atoms with Crippen LogP contribution in [0.3, 0.4) is 0 Å². The normalized spacial score (nSPS) is 11.2. The van der Waals surface area contributed by atoms with E-state index in [1.165, 1.54) is 6.08 Å². The van der Waals surface area contributed by atoms with Crippen LogP contribution in [0.1, 0.15) is 22.5 Å². The number of ether oxygens (including phenoxy) is 1. The van der Waals surface area contributed by atoms with Crippen LogP contribution in [0.15, 0.2) is 76.8 Å². The largest absolute Gasteiger partial charge is 0.457 e. The number of carbonyl (C=O) groups excluding carboxylic acids is 2. The number of methoxy groups -OCH3 is 1. The molecule has 3 rings (SSSR count). The van der Waals surface area contributed by atoms with Gasteiger partial charge in [0.2, 0.25) is 0 Å². The van der Waals surface area contributed by atoms with Gasteiger partial charge in [-0.05, 0) is 42.8 Å². The maximum absolute atomic E-state index is 12.7. The van der Waals surface area contributed by atoms with Gasteiger partial charge in [0.15, 0.2) is 0 Å². The number of amides is 2. The van der Waals surface area contributed by atoms with Gasteiger partial charge in [-0.2, -0.15) is 0 Å². The van der Waals surface area contributed by atoms with E-state index in [1.807, 2.05) is 24.3 Å². The molecule has 1 aromatic heterocycles. The first kappa shape index (κ1) is 22.3. The standard InChI is InChI=1S/C24H23ClN2O4/c1-30-15-7-14-26-24(29)21(27-23(28)17-8-3-2-4-9-17)16-18-12-13-22(31-18)19-10-5-6-11-20(19)25/h2-6,8-13,16H,7,14-15H2,1H3,(H,26,29)(H,27,28). The maximum atomic E-state index is 12.7. The van der Waals surface area contributed by atoms with Crippen molar-refractivity contribution < 1.29 is 18.7 Å². The maximum Gasteiger partial charge on any atom is 0.267 e. The van der Waals surface area contributed by atoms with Crippen LogP contribution in [0.25, 0.3) is 17.4 Å². The predicted octanol–water partition coefficient (Wildman–Crippen LogP) is 4.52. The number of nitrogens with one attached hydrogen (secondary N) is 2. The third-order valence-electron chi connectivity index (χ3n) is 4.39. The molecule has 0 bridgehead atoms. The number of hydrogen-bond acceptors (Lipinski definition) is 4. The molecule has 6 nitrogen and oxygen atoms in total. The molecule has 0 aliphatic carbocycles. The smallest absolute Gasteiger partial charge is 0.267 e. The van der Waals surface area contributed by atoms with Crippen LogP contribution < -0.4 is 10.6 Å². The second-order valence-corrected chi connectivity index (χ2v) is 7.07. The van der Waals surface area contributed by atoms with Crippen molar-refractivity contribution in [3.63, 3.8) is 0 Å². The lowest BCUT2D eigenvalue weighted by Gasteiger charge is -2.10. The Hall–Kier alpha value is -3.35. The third-order valence-corrected chi connectivity index (χ3v) is 4.72. The summed E-state index contributed by atoms with van der Waals surface area (Å²) >= 11 is 6.24. The minimum atomic E-state index is -0.420. The molecule has 0 aliphatic heterocycles. The Morgan fingerprint density at radius 1 is 1.03 bits per heavy atom. The SMILES string of the molecule is COCCCNC(=O)C(=Cc1ccc(-c2ccccc2Cl)o1)NC(=O)c1ccccc1. The monoisotopic (exact) mass is 438 g/mol. The number of halogens is 1. The van der Waals surface area contributed by atoms with Crippen molar-refractivity contribution in [2.45, 2.75) is 6.42 Å². The predicted molar refractivity (Wildman–Crippen MR) is 121 cm³/mol. The molecule has 0 saturated carbocycles. The van der Waals surface area contributed by atoms with Crippen molar-refractivity contribution in [3.8, 4) is 11.3 Å². The molecule has 0 radical (unpaired) electrons. The zero-order valence-electron chi connectivity index (χ0n) is 17.1. The van der Waals surface area contributed by atoms with E-state index in [2.05, 4.69) is 10.6 Å². The first-order valence-electron chi connectivity index (χ1n) is 9.78. The third kappa shape index (κ3) is 6.31. The summed E-state index contributed by atoms with van der Waals surface area (Å²) in [5.74, 6) is 0.157. The fourth-order valence-electron chi connectivity index (χ4n) is 2.83. The summed E-state index contributed by atoms with van der Waals surface area (Å²) in [6, 6.07) is 19.5. The van der Waals surface area contributed by atoms with E-state index in [1.54, 1.807) is 49.6 Å². The lowest BCUT2D eigenvalue weighted by Crippen LogP contribution is -2.35. The van der Waals surface area contributed by atoms with E-state index in [9.17, 15) is 9.59 Å². The highest BCUT2D eigenvalue weighted by atomic mass is 35.5. The molecule has 1 heterocycles. The van der Waals surface area contributed by atoms with Crippen molar-refractivity contribution in [1.29, 1.82) is 0 Å². The van der Waals surface area contributed by atoms with Gasteiger partial charge in [0.05, 0.1) is 5.02 Å². The highest BCUT2D eigenvalue weighted by molar-refractivity contribution is 6.33. The van der Waals surface area contributed by atoms with Crippen LogP contribution in [0.4, 0.5) is 0 Å². The Balaban J connectivity index is 1.83. The van der Waals surface area contributed by atoms with E-state index in [0.717, 1.165) is 5.56 Å². The summed E-state index contributed by atoms with van der Waals surface area (Å²) in [7, 11) is 1.60. The Morgan fingerprint density at radius 3 is 2.52 bits per heavy atom. The van der Waals surface area contributed by atoms with Gasteiger partial charge < -0.3 is 19.8 Å². The van der Waals surface area contributed by atoms with Crippen LogP contribution in [0, 0.1) is 0 Å². The molecule has 2 N–H and O–H groups in total. The summed E-state index contributed by atoms with van der Waals surface area (Å²) in [5.41, 5.74) is 1.26. The van der Waals surface area contributed by atoms with Gasteiger partial charge in [0, 0.05) is 37.5 Å². The van der Waals surface area contributed by atoms with E-state index in [-0.39, 0.29) is 5.70 Å². The quantitative estimate of drug-likeness (QED) is 0.380. The number of benzene rings is 2. The molecule has 31 heavy (non-hydrogen) atoms. The van der Waals surface area contributed by atoms with Gasteiger partial charge >= 0.3 is 0 Å². The molecule has 0 atom stereocenters. The highest BCUT2D eigenvalue weighted by Gasteiger charge is 2.16. The van der Waals surface area contributed by atoms with Crippen LogP contribution in [-0.4, -0.2) is 32.1 Å². The summed E-state index contributed by atoms with van der Waals surface area (Å²) < 4.78 is 10.8. The van der Waals surface area contributed by atoms with Crippen molar-refractivity contribution >= 4 is 29.5 Å². The van der Waals surface area contributed by atoms with Gasteiger partial charge in [-0.15, -0.1) is 0 Å². The molecule has 2 aromatic carbocycles. The minimum absolute atomic E-state index is 0.0753. The summed E-state index contributed by atoms with van der Waals surface area (Å²) in [6.45, 7) is 0.934. The second kappa shape index (κ2) is 11.2. The minimum Gasteiger partial charge on any atom is -0.457 e. The summed E-state index contributed by atoms with van der Waals surface area (Å²) in [5, 5.41) is 6.01. The molecule has 0 spiro atoms. The van der Waals surface area contributed by atoms with Crippen LogP contribution in [0.5, 0.6) is 0 Å². The molecule has 3 aromatic rings. The molecular formula is C24H23ClN2O4. The Kier molecular flexibility index (Phi) is 8.04. The van der Waals surface area contributed by atoms with Crippen LogP contribution in [0.2, 0.25) is 5.02 Å². The zero-order chi connectivity index (χ0) is 22.1. The highest BCUT2D eigenvalue weighted by Crippen LogP contribution is 2.29. The lowest BCUT2D eigenvalue weighted by molar-refractivity contribution is -0.117. The average molecular weight is 439 g/mol. The number of rotatable bonds is 9. The van der Waals surface area contributed by atoms with Gasteiger partial charge in [0.25, 0.3) is 11.8 Å². The average Bonchev–Trinajstić information content (AvgIpc) is 3.25. The van der Waals surface area contributed by atoms with E-state index in [0.29, 0.717) is 41.7 Å². The summed E-state index contributed by atoms with van der Waals surface area (Å²) in [4.78, 5) is 25.3. The van der Waals surface area contributed by atoms with Crippen LogP contribution >= 0.6 is 11.6 Å². The Labute approximate surface area is 185 Å². The fourth-order valence-corrected chi connectivity index (χ4v) is 3.06. The lowest BCUT2D eigenvalue weighted by atomic mass is 10.2. The number of furan rings is 1. The Bertz CT molecular complexity index is 1060. The van der Waals surface area contributed by atoms with E-state index < -0.39 is 11.8 Å². The van der Waals surface area contributed by atoms with Crippen molar-refractivity contribution in [1.82, 2.24) is 10.6 Å². The number of carbonyl (C=O) groups is 2. The second-order valence-electron chi connectivity index (χ2n) is 6.66. The fraction of sp³-hybridized carbons (Fsp3) is 0.167. The summed E-state index contributed by atoms with van der Waals surface area (Å²) in [6.07, 6.45) is 2.15. The van der Waals surface area contributed by atoms with Crippen molar-refractivity contribution in [3.05, 3.63) is 88.8 Å². The van der Waals surface area contributed by atoms with Crippen molar-refractivity contribution in [2.24, 2.45) is 0 Å². The first-order chi connectivity index (χ1) is 15.1. The van der Waals surface area contributed by atoms with Gasteiger partial charge in [-0.25, -0.2) is 0 Å². The molecule has 0 fully saturated rings. The van der Waals surface area contributed by atoms with Gasteiger partial charge in [-0.1, -0.05) is 41.9 Å².